The summed E-state index contributed by atoms with van der Waals surface area (Å²) in [5.41, 5.74) is 3.17. The van der Waals surface area contributed by atoms with Gasteiger partial charge in [0.2, 0.25) is 0 Å². The lowest BCUT2D eigenvalue weighted by Gasteiger charge is -2.27. The summed E-state index contributed by atoms with van der Waals surface area (Å²) in [5.74, 6) is 1.66. The van der Waals surface area contributed by atoms with Crippen molar-refractivity contribution >= 4 is 5.65 Å². The summed E-state index contributed by atoms with van der Waals surface area (Å²) >= 11 is 0. The molecule has 0 aliphatic carbocycles. The summed E-state index contributed by atoms with van der Waals surface area (Å²) in [6.07, 6.45) is 2.57. The Morgan fingerprint density at radius 2 is 2.12 bits per heavy atom. The van der Waals surface area contributed by atoms with E-state index in [1.165, 1.54) is 0 Å². The Hall–Kier alpha value is -2.60. The molecule has 1 aliphatic rings. The molecule has 6 heteroatoms. The van der Waals surface area contributed by atoms with Crippen LogP contribution >= 0.6 is 0 Å². The third-order valence-electron chi connectivity index (χ3n) is 4.31. The van der Waals surface area contributed by atoms with Crippen molar-refractivity contribution in [2.75, 3.05) is 20.3 Å². The lowest BCUT2D eigenvalue weighted by molar-refractivity contribution is 0.193. The van der Waals surface area contributed by atoms with Gasteiger partial charge in [0.15, 0.2) is 17.1 Å². The van der Waals surface area contributed by atoms with E-state index in [4.69, 9.17) is 9.47 Å². The first-order chi connectivity index (χ1) is 11.8. The van der Waals surface area contributed by atoms with E-state index in [2.05, 4.69) is 27.1 Å². The van der Waals surface area contributed by atoms with E-state index < -0.39 is 0 Å². The van der Waals surface area contributed by atoms with E-state index in [9.17, 15) is 0 Å². The van der Waals surface area contributed by atoms with E-state index >= 15 is 0 Å². The molecule has 6 nitrogen and oxygen atoms in total. The van der Waals surface area contributed by atoms with Gasteiger partial charge in [-0.05, 0) is 24.6 Å². The van der Waals surface area contributed by atoms with Gasteiger partial charge in [-0.2, -0.15) is 5.10 Å². The molecule has 0 amide bonds. The van der Waals surface area contributed by atoms with Gasteiger partial charge >= 0.3 is 0 Å². The first kappa shape index (κ1) is 15.0. The van der Waals surface area contributed by atoms with Crippen LogP contribution in [0.15, 0.2) is 42.7 Å². The third-order valence-corrected chi connectivity index (χ3v) is 4.31. The maximum Gasteiger partial charge on any atom is 0.165 e. The second kappa shape index (κ2) is 6.49. The summed E-state index contributed by atoms with van der Waals surface area (Å²) in [5, 5.41) is 4.33. The van der Waals surface area contributed by atoms with Crippen molar-refractivity contribution in [3.8, 4) is 11.5 Å². The quantitative estimate of drug-likeness (QED) is 0.741. The second-order valence-corrected chi connectivity index (χ2v) is 5.91. The van der Waals surface area contributed by atoms with Gasteiger partial charge in [0.25, 0.3) is 0 Å². The fourth-order valence-electron chi connectivity index (χ4n) is 3.18. The Morgan fingerprint density at radius 1 is 1.21 bits per heavy atom. The normalized spacial score (nSPS) is 15.4. The molecule has 0 spiro atoms. The fourth-order valence-corrected chi connectivity index (χ4v) is 3.18. The molecule has 0 saturated carbocycles. The van der Waals surface area contributed by atoms with Crippen LogP contribution in [-0.4, -0.2) is 39.8 Å². The predicted molar refractivity (Wildman–Crippen MR) is 90.2 cm³/mol. The lowest BCUT2D eigenvalue weighted by Crippen LogP contribution is -2.28. The Balaban J connectivity index is 1.63. The van der Waals surface area contributed by atoms with Crippen LogP contribution in [-0.2, 0) is 13.1 Å². The van der Waals surface area contributed by atoms with Crippen LogP contribution < -0.4 is 9.47 Å². The first-order valence-corrected chi connectivity index (χ1v) is 8.14. The minimum Gasteiger partial charge on any atom is -0.493 e. The number of hydrogen-bond acceptors (Lipinski definition) is 5. The number of pyridine rings is 1. The highest BCUT2D eigenvalue weighted by molar-refractivity contribution is 5.46. The van der Waals surface area contributed by atoms with Crippen molar-refractivity contribution in [3.63, 3.8) is 0 Å². The number of methoxy groups -OCH3 is 1. The topological polar surface area (TPSA) is 51.9 Å². The van der Waals surface area contributed by atoms with Crippen LogP contribution in [0.3, 0.4) is 0 Å². The van der Waals surface area contributed by atoms with Gasteiger partial charge in [0.05, 0.1) is 19.4 Å². The molecule has 3 aromatic rings. The van der Waals surface area contributed by atoms with Crippen LogP contribution in [0.2, 0.25) is 0 Å². The number of rotatable bonds is 3. The first-order valence-electron chi connectivity index (χ1n) is 8.14. The molecule has 1 aliphatic heterocycles. The zero-order chi connectivity index (χ0) is 16.4. The molecule has 3 heterocycles. The molecule has 0 atom stereocenters. The monoisotopic (exact) mass is 324 g/mol. The SMILES string of the molecule is COc1cccc2c1OCCCN(Cc1cccc3ncnn13)C2. The van der Waals surface area contributed by atoms with Gasteiger partial charge in [-0.3, -0.25) is 4.90 Å². The van der Waals surface area contributed by atoms with Gasteiger partial charge < -0.3 is 9.47 Å². The van der Waals surface area contributed by atoms with Gasteiger partial charge in [0.1, 0.15) is 6.33 Å². The summed E-state index contributed by atoms with van der Waals surface area (Å²) in [6.45, 7) is 3.30. The minimum absolute atomic E-state index is 0.692. The minimum atomic E-state index is 0.692. The molecule has 2 aromatic heterocycles. The van der Waals surface area contributed by atoms with Crippen LogP contribution in [0.25, 0.3) is 5.65 Å². The molecule has 124 valence electrons. The van der Waals surface area contributed by atoms with E-state index in [1.54, 1.807) is 13.4 Å². The zero-order valence-corrected chi connectivity index (χ0v) is 13.7. The summed E-state index contributed by atoms with van der Waals surface area (Å²) in [7, 11) is 1.68. The largest absolute Gasteiger partial charge is 0.493 e. The average Bonchev–Trinajstić information content (AvgIpc) is 3.06. The summed E-state index contributed by atoms with van der Waals surface area (Å²) < 4.78 is 13.3. The van der Waals surface area contributed by atoms with Gasteiger partial charge in [-0.1, -0.05) is 18.2 Å². The molecule has 0 unspecified atom stereocenters. The van der Waals surface area contributed by atoms with Crippen LogP contribution in [0.4, 0.5) is 0 Å². The number of aromatic nitrogens is 3. The standard InChI is InChI=1S/C18H20N4O2/c1-23-16-7-2-5-14-11-21(9-4-10-24-18(14)16)12-15-6-3-8-17-19-13-20-22(15)17/h2-3,5-8,13H,4,9-12H2,1H3. The van der Waals surface area contributed by atoms with Crippen molar-refractivity contribution in [2.24, 2.45) is 0 Å². The molecule has 24 heavy (non-hydrogen) atoms. The molecular weight excluding hydrogens is 304 g/mol. The molecule has 0 bridgehead atoms. The van der Waals surface area contributed by atoms with Gasteiger partial charge in [0, 0.05) is 25.2 Å². The highest BCUT2D eigenvalue weighted by Gasteiger charge is 2.18. The molecule has 0 radical (unpaired) electrons. The molecule has 1 aromatic carbocycles. The lowest BCUT2D eigenvalue weighted by atomic mass is 10.1. The van der Waals surface area contributed by atoms with E-state index in [0.717, 1.165) is 54.5 Å². The highest BCUT2D eigenvalue weighted by atomic mass is 16.5. The molecule has 0 fully saturated rings. The van der Waals surface area contributed by atoms with Crippen LogP contribution in [0, 0.1) is 0 Å². The number of benzene rings is 1. The number of nitrogens with zero attached hydrogens (tertiary/aromatic N) is 4. The van der Waals surface area contributed by atoms with E-state index in [0.29, 0.717) is 6.61 Å². The summed E-state index contributed by atoms with van der Waals surface area (Å²) in [6, 6.07) is 12.2. The van der Waals surface area contributed by atoms with Crippen molar-refractivity contribution in [3.05, 3.63) is 54.0 Å². The Labute approximate surface area is 140 Å². The van der Waals surface area contributed by atoms with Crippen molar-refractivity contribution in [1.82, 2.24) is 19.5 Å². The molecule has 4 rings (SSSR count). The maximum absolute atomic E-state index is 5.93. The van der Waals surface area contributed by atoms with Gasteiger partial charge in [-0.25, -0.2) is 9.50 Å². The predicted octanol–water partition coefficient (Wildman–Crippen LogP) is 2.52. The average molecular weight is 324 g/mol. The second-order valence-electron chi connectivity index (χ2n) is 5.91. The van der Waals surface area contributed by atoms with Crippen LogP contribution in [0.5, 0.6) is 11.5 Å². The number of ether oxygens (including phenoxy) is 2. The van der Waals surface area contributed by atoms with E-state index in [-0.39, 0.29) is 0 Å². The third kappa shape index (κ3) is 2.80. The fraction of sp³-hybridized carbons (Fsp3) is 0.333. The number of hydrogen-bond donors (Lipinski definition) is 0. The van der Waals surface area contributed by atoms with Crippen molar-refractivity contribution in [1.29, 1.82) is 0 Å². The molecule has 0 N–H and O–H groups in total. The highest BCUT2D eigenvalue weighted by Crippen LogP contribution is 2.33. The zero-order valence-electron chi connectivity index (χ0n) is 13.7. The van der Waals surface area contributed by atoms with Crippen molar-refractivity contribution < 1.29 is 9.47 Å². The number of fused-ring (bicyclic) bond motifs is 2. The Kier molecular flexibility index (Phi) is 4.04. The summed E-state index contributed by atoms with van der Waals surface area (Å²) in [4.78, 5) is 6.68. The Morgan fingerprint density at radius 3 is 3.04 bits per heavy atom. The number of para-hydroxylation sites is 1. The molecule has 0 saturated heterocycles. The van der Waals surface area contributed by atoms with E-state index in [1.807, 2.05) is 28.8 Å². The van der Waals surface area contributed by atoms with Gasteiger partial charge in [-0.15, -0.1) is 0 Å². The Bertz CT molecular complexity index is 846. The maximum atomic E-state index is 5.93. The van der Waals surface area contributed by atoms with Crippen molar-refractivity contribution in [2.45, 2.75) is 19.5 Å². The molecular formula is C18H20N4O2. The smallest absolute Gasteiger partial charge is 0.165 e. The van der Waals surface area contributed by atoms with Crippen LogP contribution in [0.1, 0.15) is 17.7 Å².